The number of halogens is 2. The lowest BCUT2D eigenvalue weighted by atomic mass is 10.2. The zero-order chi connectivity index (χ0) is 14.8. The van der Waals surface area contributed by atoms with Gasteiger partial charge in [0, 0.05) is 5.56 Å². The van der Waals surface area contributed by atoms with Gasteiger partial charge in [0.2, 0.25) is 0 Å². The second-order valence-corrected chi connectivity index (χ2v) is 5.64. The van der Waals surface area contributed by atoms with Crippen molar-refractivity contribution in [3.63, 3.8) is 0 Å². The minimum Gasteiger partial charge on any atom is -0.457 e. The molecule has 2 aromatic carbocycles. The highest BCUT2D eigenvalue weighted by Gasteiger charge is 2.10. The Labute approximate surface area is 129 Å². The molecular formula is C15H9ClFNO2S. The minimum absolute atomic E-state index is 0.00132. The first-order valence-electron chi connectivity index (χ1n) is 6.08. The number of benzene rings is 2. The lowest BCUT2D eigenvalue weighted by molar-refractivity contribution is 0.0473. The average Bonchev–Trinajstić information content (AvgIpc) is 2.93. The number of carbonyl (C=O) groups is 1. The lowest BCUT2D eigenvalue weighted by Crippen LogP contribution is -2.05. The number of ether oxygens (including phenoxy) is 1. The number of nitrogens with zero attached hydrogens (tertiary/aromatic N) is 1. The molecule has 0 aliphatic rings. The highest BCUT2D eigenvalue weighted by Crippen LogP contribution is 2.21. The highest BCUT2D eigenvalue weighted by atomic mass is 35.5. The van der Waals surface area contributed by atoms with E-state index in [0.29, 0.717) is 11.1 Å². The van der Waals surface area contributed by atoms with Crippen LogP contribution in [0.4, 0.5) is 4.39 Å². The number of hydrogen-bond donors (Lipinski definition) is 0. The topological polar surface area (TPSA) is 39.2 Å². The molecule has 0 N–H and O–H groups in total. The molecule has 6 heteroatoms. The first-order valence-corrected chi connectivity index (χ1v) is 7.33. The van der Waals surface area contributed by atoms with Gasteiger partial charge in [0.25, 0.3) is 0 Å². The number of thiazole rings is 1. The molecule has 3 nitrogen and oxygen atoms in total. The van der Waals surface area contributed by atoms with E-state index >= 15 is 0 Å². The van der Waals surface area contributed by atoms with Crippen LogP contribution in [0.2, 0.25) is 5.02 Å². The van der Waals surface area contributed by atoms with Crippen molar-refractivity contribution in [2.45, 2.75) is 6.61 Å². The number of aromatic nitrogens is 1. The average molecular weight is 322 g/mol. The molecule has 0 fully saturated rings. The Hall–Kier alpha value is -1.98. The molecular weight excluding hydrogens is 313 g/mol. The van der Waals surface area contributed by atoms with Crippen LogP contribution in [0.3, 0.4) is 0 Å². The Balaban J connectivity index is 1.73. The van der Waals surface area contributed by atoms with Gasteiger partial charge in [-0.15, -0.1) is 11.3 Å². The fraction of sp³-hybridized carbons (Fsp3) is 0.0667. The lowest BCUT2D eigenvalue weighted by Gasteiger charge is -2.06. The summed E-state index contributed by atoms with van der Waals surface area (Å²) in [7, 11) is 0. The molecule has 1 aromatic heterocycles. The largest absolute Gasteiger partial charge is 0.457 e. The molecule has 106 valence electrons. The summed E-state index contributed by atoms with van der Waals surface area (Å²) in [5.74, 6) is -0.878. The molecule has 3 rings (SSSR count). The molecule has 0 amide bonds. The summed E-state index contributed by atoms with van der Waals surface area (Å²) in [6, 6.07) is 9.13. The zero-order valence-corrected chi connectivity index (χ0v) is 12.2. The van der Waals surface area contributed by atoms with Crippen molar-refractivity contribution in [2.24, 2.45) is 0 Å². The summed E-state index contributed by atoms with van der Waals surface area (Å²) in [5, 5.41) is 0.237. The van der Waals surface area contributed by atoms with E-state index < -0.39 is 11.8 Å². The smallest absolute Gasteiger partial charge is 0.338 e. The van der Waals surface area contributed by atoms with Crippen molar-refractivity contribution in [1.82, 2.24) is 4.98 Å². The molecule has 0 bridgehead atoms. The Morgan fingerprint density at radius 1 is 1.29 bits per heavy atom. The van der Waals surface area contributed by atoms with Gasteiger partial charge in [0.15, 0.2) is 0 Å². The zero-order valence-electron chi connectivity index (χ0n) is 10.7. The molecule has 0 spiro atoms. The molecule has 0 aliphatic carbocycles. The predicted molar refractivity (Wildman–Crippen MR) is 80.1 cm³/mol. The van der Waals surface area contributed by atoms with Gasteiger partial charge in [0.05, 0.1) is 26.3 Å². The van der Waals surface area contributed by atoms with Crippen molar-refractivity contribution in [3.05, 3.63) is 63.9 Å². The molecule has 3 aromatic rings. The summed E-state index contributed by atoms with van der Waals surface area (Å²) in [6.07, 6.45) is 0. The van der Waals surface area contributed by atoms with Crippen LogP contribution in [0, 0.1) is 5.82 Å². The van der Waals surface area contributed by atoms with E-state index in [1.54, 1.807) is 23.7 Å². The molecule has 0 radical (unpaired) electrons. The predicted octanol–water partition coefficient (Wildman–Crippen LogP) is 4.45. The molecule has 0 saturated heterocycles. The van der Waals surface area contributed by atoms with Gasteiger partial charge in [-0.05, 0) is 30.3 Å². The van der Waals surface area contributed by atoms with Crippen LogP contribution in [0.5, 0.6) is 0 Å². The number of esters is 1. The van der Waals surface area contributed by atoms with Gasteiger partial charge in [-0.3, -0.25) is 0 Å². The fourth-order valence-electron chi connectivity index (χ4n) is 1.85. The van der Waals surface area contributed by atoms with E-state index in [4.69, 9.17) is 16.3 Å². The first kappa shape index (κ1) is 14.0. The summed E-state index contributed by atoms with van der Waals surface area (Å²) >= 11 is 7.34. The standard InChI is InChI=1S/C15H9ClFNO2S/c16-12-6-11(17)3-1-10(12)7-20-15(19)9-2-4-13-14(5-9)21-8-18-13/h1-6,8H,7H2. The first-order chi connectivity index (χ1) is 10.1. The van der Waals surface area contributed by atoms with Crippen LogP contribution < -0.4 is 0 Å². The van der Waals surface area contributed by atoms with E-state index in [0.717, 1.165) is 10.2 Å². The maximum absolute atomic E-state index is 12.9. The molecule has 0 atom stereocenters. The van der Waals surface area contributed by atoms with Gasteiger partial charge in [-0.25, -0.2) is 14.2 Å². The molecule has 1 heterocycles. The van der Waals surface area contributed by atoms with Crippen molar-refractivity contribution >= 4 is 39.1 Å². The Morgan fingerprint density at radius 3 is 2.95 bits per heavy atom. The normalized spacial score (nSPS) is 10.8. The maximum Gasteiger partial charge on any atom is 0.338 e. The third kappa shape index (κ3) is 3.04. The summed E-state index contributed by atoms with van der Waals surface area (Å²) < 4.78 is 19.1. The minimum atomic E-state index is -0.453. The van der Waals surface area contributed by atoms with Crippen LogP contribution in [-0.4, -0.2) is 11.0 Å². The number of fused-ring (bicyclic) bond motifs is 1. The van der Waals surface area contributed by atoms with Crippen molar-refractivity contribution in [1.29, 1.82) is 0 Å². The Kier molecular flexibility index (Phi) is 3.86. The molecule has 0 aliphatic heterocycles. The van der Waals surface area contributed by atoms with E-state index in [-0.39, 0.29) is 11.6 Å². The monoisotopic (exact) mass is 321 g/mol. The summed E-state index contributed by atoms with van der Waals surface area (Å²) in [6.45, 7) is -0.00132. The van der Waals surface area contributed by atoms with Crippen LogP contribution in [0.25, 0.3) is 10.2 Å². The third-order valence-electron chi connectivity index (χ3n) is 2.94. The van der Waals surface area contributed by atoms with Gasteiger partial charge in [0.1, 0.15) is 12.4 Å². The Morgan fingerprint density at radius 2 is 2.14 bits per heavy atom. The van der Waals surface area contributed by atoms with Crippen LogP contribution in [-0.2, 0) is 11.3 Å². The van der Waals surface area contributed by atoms with E-state index in [1.807, 2.05) is 0 Å². The second kappa shape index (κ2) is 5.79. The highest BCUT2D eigenvalue weighted by molar-refractivity contribution is 7.16. The fourth-order valence-corrected chi connectivity index (χ4v) is 2.79. The van der Waals surface area contributed by atoms with Crippen molar-refractivity contribution in [2.75, 3.05) is 0 Å². The third-order valence-corrected chi connectivity index (χ3v) is 4.08. The van der Waals surface area contributed by atoms with E-state index in [2.05, 4.69) is 4.98 Å². The molecule has 0 unspecified atom stereocenters. The summed E-state index contributed by atoms with van der Waals surface area (Å²) in [5.41, 5.74) is 3.58. The van der Waals surface area contributed by atoms with Gasteiger partial charge in [-0.1, -0.05) is 17.7 Å². The van der Waals surface area contributed by atoms with Gasteiger partial charge >= 0.3 is 5.97 Å². The van der Waals surface area contributed by atoms with E-state index in [1.165, 1.54) is 29.5 Å². The maximum atomic E-state index is 12.9. The van der Waals surface area contributed by atoms with Crippen LogP contribution in [0.1, 0.15) is 15.9 Å². The quantitative estimate of drug-likeness (QED) is 0.669. The molecule has 0 saturated carbocycles. The summed E-state index contributed by atoms with van der Waals surface area (Å²) in [4.78, 5) is 16.2. The van der Waals surface area contributed by atoms with Crippen molar-refractivity contribution in [3.8, 4) is 0 Å². The van der Waals surface area contributed by atoms with E-state index in [9.17, 15) is 9.18 Å². The SMILES string of the molecule is O=C(OCc1ccc(F)cc1Cl)c1ccc2ncsc2c1. The number of hydrogen-bond acceptors (Lipinski definition) is 4. The van der Waals surface area contributed by atoms with Crippen molar-refractivity contribution < 1.29 is 13.9 Å². The van der Waals surface area contributed by atoms with Gasteiger partial charge in [-0.2, -0.15) is 0 Å². The second-order valence-electron chi connectivity index (χ2n) is 4.35. The number of carbonyl (C=O) groups excluding carboxylic acids is 1. The molecule has 21 heavy (non-hydrogen) atoms. The van der Waals surface area contributed by atoms with Gasteiger partial charge < -0.3 is 4.74 Å². The Bertz CT molecular complexity index is 818. The number of rotatable bonds is 3. The van der Waals surface area contributed by atoms with Crippen LogP contribution >= 0.6 is 22.9 Å². The van der Waals surface area contributed by atoms with Crippen LogP contribution in [0.15, 0.2) is 41.9 Å².